The van der Waals surface area contributed by atoms with Gasteiger partial charge in [0.1, 0.15) is 0 Å². The molecule has 108 valence electrons. The molecule has 3 rings (SSSR count). The van der Waals surface area contributed by atoms with Gasteiger partial charge < -0.3 is 4.74 Å². The maximum absolute atomic E-state index is 5.86. The number of thiophene rings is 1. The van der Waals surface area contributed by atoms with E-state index in [0.29, 0.717) is 0 Å². The van der Waals surface area contributed by atoms with Gasteiger partial charge in [0.15, 0.2) is 0 Å². The third-order valence-corrected chi connectivity index (χ3v) is 4.48. The highest BCUT2D eigenvalue weighted by atomic mass is 32.1. The van der Waals surface area contributed by atoms with Crippen molar-refractivity contribution >= 4 is 11.3 Å². The maximum atomic E-state index is 5.86. The van der Waals surface area contributed by atoms with Crippen LogP contribution in [0.15, 0.2) is 23.8 Å². The minimum absolute atomic E-state index is 0.239. The molecule has 20 heavy (non-hydrogen) atoms. The third kappa shape index (κ3) is 3.48. The Morgan fingerprint density at radius 3 is 3.05 bits per heavy atom. The molecular formula is C15H21N3OS. The average Bonchev–Trinajstić information content (AvgIpc) is 2.99. The van der Waals surface area contributed by atoms with Gasteiger partial charge >= 0.3 is 0 Å². The zero-order valence-corrected chi connectivity index (χ0v) is 12.9. The highest BCUT2D eigenvalue weighted by Crippen LogP contribution is 2.17. The van der Waals surface area contributed by atoms with Crippen LogP contribution in [0, 0.1) is 13.8 Å². The SMILES string of the molecule is Cc1cnn(CC2CN(Cc3csc(C)c3)CCO2)c1. The number of nitrogens with zero attached hydrogens (tertiary/aromatic N) is 3. The van der Waals surface area contributed by atoms with E-state index in [4.69, 9.17) is 4.74 Å². The van der Waals surface area contributed by atoms with E-state index in [1.807, 2.05) is 22.2 Å². The number of ether oxygens (including phenoxy) is 1. The second kappa shape index (κ2) is 6.08. The standard InChI is InChI=1S/C15H21N3OS/c1-12-6-16-18(7-12)10-15-9-17(3-4-19-15)8-14-5-13(2)20-11-14/h5-7,11,15H,3-4,8-10H2,1-2H3. The summed E-state index contributed by atoms with van der Waals surface area (Å²) in [5.41, 5.74) is 2.62. The van der Waals surface area contributed by atoms with Gasteiger partial charge in [-0.2, -0.15) is 5.10 Å². The van der Waals surface area contributed by atoms with Crippen LogP contribution in [0.2, 0.25) is 0 Å². The Bertz CT molecular complexity index is 515. The van der Waals surface area contributed by atoms with Gasteiger partial charge in [-0.25, -0.2) is 0 Å². The molecule has 2 aromatic heterocycles. The minimum atomic E-state index is 0.239. The van der Waals surface area contributed by atoms with E-state index in [-0.39, 0.29) is 6.10 Å². The fraction of sp³-hybridized carbons (Fsp3) is 0.533. The molecule has 0 aliphatic carbocycles. The molecule has 0 radical (unpaired) electrons. The van der Waals surface area contributed by atoms with Crippen molar-refractivity contribution in [1.29, 1.82) is 0 Å². The van der Waals surface area contributed by atoms with Crippen molar-refractivity contribution in [1.82, 2.24) is 14.7 Å². The van der Waals surface area contributed by atoms with Crippen molar-refractivity contribution in [2.24, 2.45) is 0 Å². The Labute approximate surface area is 124 Å². The molecule has 1 saturated heterocycles. The van der Waals surface area contributed by atoms with Crippen LogP contribution < -0.4 is 0 Å². The molecule has 0 N–H and O–H groups in total. The van der Waals surface area contributed by atoms with E-state index >= 15 is 0 Å². The number of aryl methyl sites for hydroxylation is 2. The monoisotopic (exact) mass is 291 g/mol. The largest absolute Gasteiger partial charge is 0.374 e. The van der Waals surface area contributed by atoms with Crippen LogP contribution in [0.3, 0.4) is 0 Å². The van der Waals surface area contributed by atoms with Crippen molar-refractivity contribution < 1.29 is 4.74 Å². The molecule has 0 aromatic carbocycles. The van der Waals surface area contributed by atoms with Crippen molar-refractivity contribution in [3.8, 4) is 0 Å². The number of hydrogen-bond donors (Lipinski definition) is 0. The topological polar surface area (TPSA) is 30.3 Å². The van der Waals surface area contributed by atoms with Gasteiger partial charge in [-0.3, -0.25) is 9.58 Å². The van der Waals surface area contributed by atoms with Gasteiger partial charge in [-0.1, -0.05) is 0 Å². The number of aromatic nitrogens is 2. The molecule has 1 aliphatic heterocycles. The molecule has 5 heteroatoms. The first-order valence-electron chi connectivity index (χ1n) is 7.06. The smallest absolute Gasteiger partial charge is 0.0898 e. The molecule has 1 atom stereocenters. The highest BCUT2D eigenvalue weighted by Gasteiger charge is 2.21. The summed E-state index contributed by atoms with van der Waals surface area (Å²) in [6.07, 6.45) is 4.21. The summed E-state index contributed by atoms with van der Waals surface area (Å²) < 4.78 is 7.85. The van der Waals surface area contributed by atoms with Crippen LogP contribution >= 0.6 is 11.3 Å². The molecule has 0 spiro atoms. The summed E-state index contributed by atoms with van der Waals surface area (Å²) in [7, 11) is 0. The summed E-state index contributed by atoms with van der Waals surface area (Å²) in [5.74, 6) is 0. The van der Waals surface area contributed by atoms with E-state index < -0.39 is 0 Å². The quantitative estimate of drug-likeness (QED) is 0.867. The van der Waals surface area contributed by atoms with Crippen LogP contribution in [0.4, 0.5) is 0 Å². The molecule has 0 saturated carbocycles. The van der Waals surface area contributed by atoms with E-state index in [9.17, 15) is 0 Å². The van der Waals surface area contributed by atoms with Gasteiger partial charge in [0.05, 0.1) is 25.5 Å². The lowest BCUT2D eigenvalue weighted by Gasteiger charge is -2.32. The van der Waals surface area contributed by atoms with Crippen LogP contribution in [0.1, 0.15) is 16.0 Å². The zero-order valence-electron chi connectivity index (χ0n) is 12.1. The molecule has 0 bridgehead atoms. The minimum Gasteiger partial charge on any atom is -0.374 e. The van der Waals surface area contributed by atoms with Crippen LogP contribution in [-0.2, 0) is 17.8 Å². The van der Waals surface area contributed by atoms with Gasteiger partial charge in [0, 0.05) is 30.7 Å². The summed E-state index contributed by atoms with van der Waals surface area (Å²) in [4.78, 5) is 3.86. The molecular weight excluding hydrogens is 270 g/mol. The van der Waals surface area contributed by atoms with Gasteiger partial charge in [-0.15, -0.1) is 11.3 Å². The van der Waals surface area contributed by atoms with Crippen molar-refractivity contribution in [2.75, 3.05) is 19.7 Å². The molecule has 2 aromatic rings. The molecule has 1 aliphatic rings. The van der Waals surface area contributed by atoms with Crippen molar-refractivity contribution in [3.63, 3.8) is 0 Å². The van der Waals surface area contributed by atoms with Gasteiger partial charge in [0.2, 0.25) is 0 Å². The molecule has 0 amide bonds. The summed E-state index contributed by atoms with van der Waals surface area (Å²) in [6.45, 7) is 8.91. The second-order valence-corrected chi connectivity index (χ2v) is 6.65. The molecule has 1 fully saturated rings. The summed E-state index contributed by atoms with van der Waals surface area (Å²) in [6, 6.07) is 2.28. The maximum Gasteiger partial charge on any atom is 0.0898 e. The summed E-state index contributed by atoms with van der Waals surface area (Å²) in [5, 5.41) is 6.60. The van der Waals surface area contributed by atoms with E-state index in [2.05, 4.69) is 41.5 Å². The average molecular weight is 291 g/mol. The third-order valence-electron chi connectivity index (χ3n) is 3.57. The normalized spacial score (nSPS) is 20.4. The Morgan fingerprint density at radius 2 is 2.35 bits per heavy atom. The van der Waals surface area contributed by atoms with Crippen LogP contribution in [0.25, 0.3) is 0 Å². The molecule has 4 nitrogen and oxygen atoms in total. The molecule has 1 unspecified atom stereocenters. The van der Waals surface area contributed by atoms with E-state index in [1.54, 1.807) is 0 Å². The first-order valence-corrected chi connectivity index (χ1v) is 7.94. The Morgan fingerprint density at radius 1 is 1.45 bits per heavy atom. The van der Waals surface area contributed by atoms with E-state index in [0.717, 1.165) is 32.8 Å². The molecule has 3 heterocycles. The van der Waals surface area contributed by atoms with Gasteiger partial charge in [-0.05, 0) is 36.4 Å². The predicted molar refractivity (Wildman–Crippen MR) is 81.0 cm³/mol. The lowest BCUT2D eigenvalue weighted by Crippen LogP contribution is -2.43. The Balaban J connectivity index is 1.56. The van der Waals surface area contributed by atoms with Crippen LogP contribution in [-0.4, -0.2) is 40.5 Å². The fourth-order valence-electron chi connectivity index (χ4n) is 2.65. The zero-order chi connectivity index (χ0) is 13.9. The number of hydrogen-bond acceptors (Lipinski definition) is 4. The number of morpholine rings is 1. The fourth-order valence-corrected chi connectivity index (χ4v) is 3.35. The predicted octanol–water partition coefficient (Wildman–Crippen LogP) is 2.46. The first kappa shape index (κ1) is 13.8. The lowest BCUT2D eigenvalue weighted by molar-refractivity contribution is -0.0402. The first-order chi connectivity index (χ1) is 9.69. The van der Waals surface area contributed by atoms with E-state index in [1.165, 1.54) is 16.0 Å². The Kier molecular flexibility index (Phi) is 4.19. The number of rotatable bonds is 4. The van der Waals surface area contributed by atoms with Crippen molar-refractivity contribution in [3.05, 3.63) is 39.8 Å². The van der Waals surface area contributed by atoms with Crippen LogP contribution in [0.5, 0.6) is 0 Å². The highest BCUT2D eigenvalue weighted by molar-refractivity contribution is 7.10. The van der Waals surface area contributed by atoms with Crippen molar-refractivity contribution in [2.45, 2.75) is 33.0 Å². The Hall–Kier alpha value is -1.17. The summed E-state index contributed by atoms with van der Waals surface area (Å²) >= 11 is 1.83. The second-order valence-electron chi connectivity index (χ2n) is 5.53. The lowest BCUT2D eigenvalue weighted by atomic mass is 10.2. The van der Waals surface area contributed by atoms with Gasteiger partial charge in [0.25, 0.3) is 0 Å².